The molecule has 2 aromatic heterocycles. The Labute approximate surface area is 116 Å². The van der Waals surface area contributed by atoms with Gasteiger partial charge in [-0.15, -0.1) is 0 Å². The summed E-state index contributed by atoms with van der Waals surface area (Å²) in [6, 6.07) is 10.2. The van der Waals surface area contributed by atoms with Crippen molar-refractivity contribution in [3.63, 3.8) is 0 Å². The molecular formula is C14H16N6. The lowest BCUT2D eigenvalue weighted by Crippen LogP contribution is -2.19. The third kappa shape index (κ3) is 2.75. The largest absolute Gasteiger partial charge is 0.303 e. The molecule has 1 aromatic carbocycles. The van der Waals surface area contributed by atoms with Crippen LogP contribution in [0.15, 0.2) is 49.1 Å². The van der Waals surface area contributed by atoms with Crippen LogP contribution < -0.4 is 5.32 Å². The Hall–Kier alpha value is -2.47. The second-order valence-electron chi connectivity index (χ2n) is 4.60. The average molecular weight is 268 g/mol. The molecule has 1 atom stereocenters. The standard InChI is InChI=1S/C14H16N6/c1-11(14-16-10-17-19-14)15-7-12-8-18-20(9-12)13-5-3-2-4-6-13/h2-6,8-11,15H,7H2,1H3,(H,16,17,19). The topological polar surface area (TPSA) is 71.4 Å². The van der Waals surface area contributed by atoms with Gasteiger partial charge in [-0.25, -0.2) is 9.67 Å². The lowest BCUT2D eigenvalue weighted by Gasteiger charge is -2.09. The quantitative estimate of drug-likeness (QED) is 0.740. The van der Waals surface area contributed by atoms with Crippen LogP contribution in [0.1, 0.15) is 24.4 Å². The molecule has 20 heavy (non-hydrogen) atoms. The van der Waals surface area contributed by atoms with Crippen molar-refractivity contribution in [1.29, 1.82) is 0 Å². The van der Waals surface area contributed by atoms with Gasteiger partial charge in [0.1, 0.15) is 12.2 Å². The molecule has 0 saturated carbocycles. The average Bonchev–Trinajstić information content (AvgIpc) is 3.17. The molecular weight excluding hydrogens is 252 g/mol. The van der Waals surface area contributed by atoms with Gasteiger partial charge in [0.15, 0.2) is 0 Å². The minimum atomic E-state index is 0.123. The molecule has 102 valence electrons. The maximum absolute atomic E-state index is 4.37. The summed E-state index contributed by atoms with van der Waals surface area (Å²) in [7, 11) is 0. The Kier molecular flexibility index (Phi) is 3.56. The van der Waals surface area contributed by atoms with Crippen molar-refractivity contribution in [2.45, 2.75) is 19.5 Å². The molecule has 0 aliphatic carbocycles. The van der Waals surface area contributed by atoms with Crippen LogP contribution in [0.25, 0.3) is 5.69 Å². The first kappa shape index (κ1) is 12.6. The van der Waals surface area contributed by atoms with Crippen LogP contribution in [0.2, 0.25) is 0 Å². The SMILES string of the molecule is CC(NCc1cnn(-c2ccccc2)c1)c1ncn[nH]1. The van der Waals surface area contributed by atoms with E-state index in [-0.39, 0.29) is 6.04 Å². The van der Waals surface area contributed by atoms with E-state index in [4.69, 9.17) is 0 Å². The van der Waals surface area contributed by atoms with E-state index in [1.54, 1.807) is 0 Å². The minimum Gasteiger partial charge on any atom is -0.303 e. The predicted octanol–water partition coefficient (Wildman–Crippen LogP) is 1.84. The maximum Gasteiger partial charge on any atom is 0.141 e. The fraction of sp³-hybridized carbons (Fsp3) is 0.214. The number of nitrogens with one attached hydrogen (secondary N) is 2. The number of aromatic amines is 1. The van der Waals surface area contributed by atoms with Crippen LogP contribution in [0, 0.1) is 0 Å². The van der Waals surface area contributed by atoms with Gasteiger partial charge in [0, 0.05) is 18.3 Å². The lowest BCUT2D eigenvalue weighted by atomic mass is 10.3. The number of para-hydroxylation sites is 1. The van der Waals surface area contributed by atoms with Crippen molar-refractivity contribution in [3.8, 4) is 5.69 Å². The van der Waals surface area contributed by atoms with E-state index in [0.29, 0.717) is 0 Å². The van der Waals surface area contributed by atoms with E-state index in [1.807, 2.05) is 54.3 Å². The lowest BCUT2D eigenvalue weighted by molar-refractivity contribution is 0.548. The Morgan fingerprint density at radius 1 is 1.30 bits per heavy atom. The van der Waals surface area contributed by atoms with Gasteiger partial charge in [-0.2, -0.15) is 10.2 Å². The Morgan fingerprint density at radius 3 is 2.90 bits per heavy atom. The van der Waals surface area contributed by atoms with E-state index in [9.17, 15) is 0 Å². The summed E-state index contributed by atoms with van der Waals surface area (Å²) in [6.07, 6.45) is 5.41. The van der Waals surface area contributed by atoms with Crippen LogP contribution in [0.4, 0.5) is 0 Å². The van der Waals surface area contributed by atoms with Crippen LogP contribution in [-0.4, -0.2) is 25.0 Å². The van der Waals surface area contributed by atoms with Gasteiger partial charge >= 0.3 is 0 Å². The fourth-order valence-corrected chi connectivity index (χ4v) is 1.96. The highest BCUT2D eigenvalue weighted by Gasteiger charge is 2.08. The van der Waals surface area contributed by atoms with Crippen molar-refractivity contribution in [3.05, 3.63) is 60.4 Å². The van der Waals surface area contributed by atoms with Crippen LogP contribution in [0.3, 0.4) is 0 Å². The summed E-state index contributed by atoms with van der Waals surface area (Å²) < 4.78 is 1.87. The second kappa shape index (κ2) is 5.66. The third-order valence-corrected chi connectivity index (χ3v) is 3.11. The minimum absolute atomic E-state index is 0.123. The van der Waals surface area contributed by atoms with Crippen molar-refractivity contribution >= 4 is 0 Å². The highest BCUT2D eigenvalue weighted by Crippen LogP contribution is 2.09. The molecule has 3 aromatic rings. The number of aromatic nitrogens is 5. The molecule has 6 heteroatoms. The van der Waals surface area contributed by atoms with Crippen molar-refractivity contribution in [1.82, 2.24) is 30.3 Å². The Balaban J connectivity index is 1.63. The molecule has 0 radical (unpaired) electrons. The van der Waals surface area contributed by atoms with Gasteiger partial charge in [0.05, 0.1) is 17.9 Å². The molecule has 6 nitrogen and oxygen atoms in total. The third-order valence-electron chi connectivity index (χ3n) is 3.11. The predicted molar refractivity (Wildman–Crippen MR) is 75.2 cm³/mol. The van der Waals surface area contributed by atoms with Gasteiger partial charge < -0.3 is 5.32 Å². The molecule has 3 rings (SSSR count). The smallest absolute Gasteiger partial charge is 0.141 e. The van der Waals surface area contributed by atoms with Gasteiger partial charge in [-0.3, -0.25) is 5.10 Å². The van der Waals surface area contributed by atoms with Gasteiger partial charge in [0.25, 0.3) is 0 Å². The number of hydrogen-bond acceptors (Lipinski definition) is 4. The number of benzene rings is 1. The normalized spacial score (nSPS) is 12.4. The summed E-state index contributed by atoms with van der Waals surface area (Å²) in [4.78, 5) is 4.13. The summed E-state index contributed by atoms with van der Waals surface area (Å²) in [5, 5.41) is 14.5. The first-order valence-electron chi connectivity index (χ1n) is 6.50. The van der Waals surface area contributed by atoms with Crippen LogP contribution in [0.5, 0.6) is 0 Å². The van der Waals surface area contributed by atoms with Crippen LogP contribution >= 0.6 is 0 Å². The monoisotopic (exact) mass is 268 g/mol. The molecule has 0 amide bonds. The molecule has 0 bridgehead atoms. The fourth-order valence-electron chi connectivity index (χ4n) is 1.96. The second-order valence-corrected chi connectivity index (χ2v) is 4.60. The van der Waals surface area contributed by atoms with Gasteiger partial charge in [-0.1, -0.05) is 18.2 Å². The van der Waals surface area contributed by atoms with Gasteiger partial charge in [0.2, 0.25) is 0 Å². The zero-order valence-electron chi connectivity index (χ0n) is 11.2. The molecule has 2 N–H and O–H groups in total. The van der Waals surface area contributed by atoms with Crippen molar-refractivity contribution < 1.29 is 0 Å². The number of H-pyrrole nitrogens is 1. The van der Waals surface area contributed by atoms with Crippen molar-refractivity contribution in [2.75, 3.05) is 0 Å². The molecule has 0 fully saturated rings. The number of hydrogen-bond donors (Lipinski definition) is 2. The molecule has 0 saturated heterocycles. The van der Waals surface area contributed by atoms with E-state index < -0.39 is 0 Å². The number of nitrogens with zero attached hydrogens (tertiary/aromatic N) is 4. The Bertz CT molecular complexity index is 643. The zero-order valence-corrected chi connectivity index (χ0v) is 11.2. The summed E-state index contributed by atoms with van der Waals surface area (Å²) in [5.41, 5.74) is 2.18. The maximum atomic E-state index is 4.37. The van der Waals surface area contributed by atoms with E-state index >= 15 is 0 Å². The summed E-state index contributed by atoms with van der Waals surface area (Å²) in [6.45, 7) is 2.77. The van der Waals surface area contributed by atoms with Crippen molar-refractivity contribution in [2.24, 2.45) is 0 Å². The van der Waals surface area contributed by atoms with Gasteiger partial charge in [-0.05, 0) is 19.1 Å². The first-order valence-corrected chi connectivity index (χ1v) is 6.50. The Morgan fingerprint density at radius 2 is 2.15 bits per heavy atom. The molecule has 0 aliphatic rings. The highest BCUT2D eigenvalue weighted by molar-refractivity contribution is 5.30. The summed E-state index contributed by atoms with van der Waals surface area (Å²) >= 11 is 0. The zero-order chi connectivity index (χ0) is 13.8. The highest BCUT2D eigenvalue weighted by atomic mass is 15.3. The first-order chi connectivity index (χ1) is 9.83. The van der Waals surface area contributed by atoms with Crippen LogP contribution in [-0.2, 0) is 6.54 Å². The van der Waals surface area contributed by atoms with E-state index in [2.05, 4.69) is 25.6 Å². The molecule has 2 heterocycles. The number of rotatable bonds is 5. The molecule has 0 aliphatic heterocycles. The summed E-state index contributed by atoms with van der Waals surface area (Å²) in [5.74, 6) is 0.834. The van der Waals surface area contributed by atoms with E-state index in [1.165, 1.54) is 6.33 Å². The van der Waals surface area contributed by atoms with E-state index in [0.717, 1.165) is 23.6 Å². The molecule has 1 unspecified atom stereocenters. The molecule has 0 spiro atoms.